The number of sulfonamides is 1. The second kappa shape index (κ2) is 11.3. The number of piperidine rings is 2. The van der Waals surface area contributed by atoms with Crippen molar-refractivity contribution in [2.75, 3.05) is 43.4 Å². The van der Waals surface area contributed by atoms with Crippen molar-refractivity contribution in [1.29, 1.82) is 0 Å². The van der Waals surface area contributed by atoms with Crippen molar-refractivity contribution in [1.82, 2.24) is 14.2 Å². The first kappa shape index (κ1) is 25.3. The molecule has 0 bridgehead atoms. The van der Waals surface area contributed by atoms with E-state index in [2.05, 4.69) is 15.6 Å². The quantitative estimate of drug-likeness (QED) is 0.606. The smallest absolute Gasteiger partial charge is 0.243 e. The normalized spacial score (nSPS) is 18.2. The summed E-state index contributed by atoms with van der Waals surface area (Å²) in [6.45, 7) is 4.38. The van der Waals surface area contributed by atoms with E-state index in [1.807, 2.05) is 17.9 Å². The summed E-state index contributed by atoms with van der Waals surface area (Å²) in [5.74, 6) is 0.182. The molecule has 2 aliphatic heterocycles. The predicted octanol–water partition coefficient (Wildman–Crippen LogP) is 2.85. The second-order valence-corrected chi connectivity index (χ2v) is 11.2. The van der Waals surface area contributed by atoms with Gasteiger partial charge in [-0.15, -0.1) is 0 Å². The Hall–Kier alpha value is -2.82. The minimum absolute atomic E-state index is 0.0462. The Bertz CT molecular complexity index is 1140. The van der Waals surface area contributed by atoms with Gasteiger partial charge in [0.25, 0.3) is 0 Å². The van der Waals surface area contributed by atoms with Crippen LogP contribution < -0.4 is 10.6 Å². The summed E-state index contributed by atoms with van der Waals surface area (Å²) in [6.07, 6.45) is 5.75. The average Bonchev–Trinajstić information content (AvgIpc) is 2.87. The zero-order chi connectivity index (χ0) is 24.8. The minimum atomic E-state index is -3.57. The Labute approximate surface area is 207 Å². The van der Waals surface area contributed by atoms with Crippen LogP contribution >= 0.6 is 0 Å². The number of benzene rings is 1. The fourth-order valence-electron chi connectivity index (χ4n) is 4.56. The standard InChI is InChI=1S/C25H33N5O4S/c1-19-8-9-21(35(33,34)30-13-5-2-6-14-30)17-22(19)27-24(31)18-29-15-10-20(11-16-29)25(32)28-23-7-3-4-12-26-23/h3-4,7-9,12,17,20H,2,5-6,10-11,13-16,18H2,1H3,(H,27,31)(H,26,28,32). The van der Waals surface area contributed by atoms with Crippen LogP contribution in [0.25, 0.3) is 0 Å². The Balaban J connectivity index is 1.30. The molecule has 10 heteroatoms. The van der Waals surface area contributed by atoms with Gasteiger partial charge >= 0.3 is 0 Å². The summed E-state index contributed by atoms with van der Waals surface area (Å²) in [6, 6.07) is 10.3. The highest BCUT2D eigenvalue weighted by Crippen LogP contribution is 2.25. The molecule has 0 saturated carbocycles. The van der Waals surface area contributed by atoms with Crippen molar-refractivity contribution >= 4 is 33.3 Å². The third-order valence-corrected chi connectivity index (χ3v) is 8.57. The average molecular weight is 500 g/mol. The molecule has 2 saturated heterocycles. The molecule has 188 valence electrons. The van der Waals surface area contributed by atoms with Crippen LogP contribution in [0.15, 0.2) is 47.5 Å². The first-order chi connectivity index (χ1) is 16.8. The number of pyridine rings is 1. The molecule has 0 spiro atoms. The number of carbonyl (C=O) groups is 2. The molecule has 1 aromatic heterocycles. The van der Waals surface area contributed by atoms with Gasteiger partial charge in [-0.05, 0) is 75.5 Å². The summed E-state index contributed by atoms with van der Waals surface area (Å²) in [4.78, 5) is 31.6. The van der Waals surface area contributed by atoms with Gasteiger partial charge in [-0.3, -0.25) is 14.5 Å². The van der Waals surface area contributed by atoms with Gasteiger partial charge in [-0.25, -0.2) is 13.4 Å². The van der Waals surface area contributed by atoms with E-state index in [-0.39, 0.29) is 29.2 Å². The number of rotatable bonds is 7. The Morgan fingerprint density at radius 3 is 2.43 bits per heavy atom. The second-order valence-electron chi connectivity index (χ2n) is 9.24. The fraction of sp³-hybridized carbons (Fsp3) is 0.480. The fourth-order valence-corrected chi connectivity index (χ4v) is 6.11. The maximum Gasteiger partial charge on any atom is 0.243 e. The van der Waals surface area contributed by atoms with E-state index in [0.717, 1.165) is 24.8 Å². The van der Waals surface area contributed by atoms with E-state index in [1.165, 1.54) is 4.31 Å². The number of likely N-dealkylation sites (tertiary alicyclic amines) is 1. The number of aromatic nitrogens is 1. The van der Waals surface area contributed by atoms with E-state index in [0.29, 0.717) is 50.5 Å². The van der Waals surface area contributed by atoms with Gasteiger partial charge in [-0.2, -0.15) is 4.31 Å². The molecule has 2 aromatic rings. The largest absolute Gasteiger partial charge is 0.325 e. The molecule has 2 N–H and O–H groups in total. The molecule has 4 rings (SSSR count). The van der Waals surface area contributed by atoms with Crippen molar-refractivity contribution in [2.24, 2.45) is 5.92 Å². The summed E-state index contributed by atoms with van der Waals surface area (Å²) in [5, 5.41) is 5.74. The Morgan fingerprint density at radius 2 is 1.74 bits per heavy atom. The van der Waals surface area contributed by atoms with Crippen LogP contribution in [0, 0.1) is 12.8 Å². The van der Waals surface area contributed by atoms with E-state index >= 15 is 0 Å². The summed E-state index contributed by atoms with van der Waals surface area (Å²) in [7, 11) is -3.57. The molecular formula is C25H33N5O4S. The first-order valence-electron chi connectivity index (χ1n) is 12.2. The molecule has 0 radical (unpaired) electrons. The van der Waals surface area contributed by atoms with Crippen LogP contribution in [0.3, 0.4) is 0 Å². The predicted molar refractivity (Wildman–Crippen MR) is 134 cm³/mol. The molecule has 2 amide bonds. The van der Waals surface area contributed by atoms with E-state index < -0.39 is 10.0 Å². The van der Waals surface area contributed by atoms with Crippen LogP contribution in [0.4, 0.5) is 11.5 Å². The Kier molecular flexibility index (Phi) is 8.15. The number of hydrogen-bond acceptors (Lipinski definition) is 6. The van der Waals surface area contributed by atoms with Crippen molar-refractivity contribution in [3.63, 3.8) is 0 Å². The summed E-state index contributed by atoms with van der Waals surface area (Å²) >= 11 is 0. The number of hydrogen-bond donors (Lipinski definition) is 2. The summed E-state index contributed by atoms with van der Waals surface area (Å²) < 4.78 is 27.6. The van der Waals surface area contributed by atoms with Gasteiger partial charge in [-0.1, -0.05) is 18.6 Å². The van der Waals surface area contributed by atoms with Crippen LogP contribution in [-0.2, 0) is 19.6 Å². The first-order valence-corrected chi connectivity index (χ1v) is 13.6. The number of amides is 2. The number of anilines is 2. The molecule has 3 heterocycles. The molecule has 9 nitrogen and oxygen atoms in total. The molecule has 2 aliphatic rings. The lowest BCUT2D eigenvalue weighted by Crippen LogP contribution is -2.42. The number of aryl methyl sites for hydroxylation is 1. The lowest BCUT2D eigenvalue weighted by Gasteiger charge is -2.30. The number of nitrogens with one attached hydrogen (secondary N) is 2. The van der Waals surface area contributed by atoms with Crippen LogP contribution in [-0.4, -0.2) is 67.1 Å². The van der Waals surface area contributed by atoms with Gasteiger partial charge in [0, 0.05) is 30.9 Å². The van der Waals surface area contributed by atoms with Crippen LogP contribution in [0.2, 0.25) is 0 Å². The topological polar surface area (TPSA) is 112 Å². The van der Waals surface area contributed by atoms with Gasteiger partial charge < -0.3 is 10.6 Å². The molecule has 0 atom stereocenters. The Morgan fingerprint density at radius 1 is 1.00 bits per heavy atom. The van der Waals surface area contributed by atoms with Gasteiger partial charge in [0.1, 0.15) is 5.82 Å². The molecule has 35 heavy (non-hydrogen) atoms. The van der Waals surface area contributed by atoms with Gasteiger partial charge in [0.2, 0.25) is 21.8 Å². The van der Waals surface area contributed by atoms with Gasteiger partial charge in [0.05, 0.1) is 11.4 Å². The minimum Gasteiger partial charge on any atom is -0.325 e. The molecular weight excluding hydrogens is 466 g/mol. The number of carbonyl (C=O) groups excluding carboxylic acids is 2. The van der Waals surface area contributed by atoms with Crippen molar-refractivity contribution in [3.8, 4) is 0 Å². The molecule has 1 aromatic carbocycles. The summed E-state index contributed by atoms with van der Waals surface area (Å²) in [5.41, 5.74) is 1.32. The lowest BCUT2D eigenvalue weighted by molar-refractivity contribution is -0.121. The van der Waals surface area contributed by atoms with Crippen molar-refractivity contribution < 1.29 is 18.0 Å². The van der Waals surface area contributed by atoms with Gasteiger partial charge in [0.15, 0.2) is 0 Å². The SMILES string of the molecule is Cc1ccc(S(=O)(=O)N2CCCCC2)cc1NC(=O)CN1CCC(C(=O)Nc2ccccn2)CC1. The van der Waals surface area contributed by atoms with Crippen LogP contribution in [0.1, 0.15) is 37.7 Å². The lowest BCUT2D eigenvalue weighted by atomic mass is 9.96. The molecule has 0 aliphatic carbocycles. The zero-order valence-electron chi connectivity index (χ0n) is 20.1. The van der Waals surface area contributed by atoms with E-state index in [4.69, 9.17) is 0 Å². The van der Waals surface area contributed by atoms with Crippen molar-refractivity contribution in [2.45, 2.75) is 43.9 Å². The third kappa shape index (κ3) is 6.45. The van der Waals surface area contributed by atoms with E-state index in [1.54, 1.807) is 36.5 Å². The third-order valence-electron chi connectivity index (χ3n) is 6.68. The monoisotopic (exact) mass is 499 g/mol. The highest BCUT2D eigenvalue weighted by molar-refractivity contribution is 7.89. The maximum absolute atomic E-state index is 13.0. The number of nitrogens with zero attached hydrogens (tertiary/aromatic N) is 3. The van der Waals surface area contributed by atoms with E-state index in [9.17, 15) is 18.0 Å². The van der Waals surface area contributed by atoms with Crippen LogP contribution in [0.5, 0.6) is 0 Å². The zero-order valence-corrected chi connectivity index (χ0v) is 20.9. The molecule has 0 unspecified atom stereocenters. The molecule has 2 fully saturated rings. The maximum atomic E-state index is 13.0. The van der Waals surface area contributed by atoms with Crippen molar-refractivity contribution in [3.05, 3.63) is 48.2 Å². The highest BCUT2D eigenvalue weighted by Gasteiger charge is 2.28. The highest BCUT2D eigenvalue weighted by atomic mass is 32.2.